The number of benzene rings is 1. The van der Waals surface area contributed by atoms with Crippen molar-refractivity contribution in [2.75, 3.05) is 19.7 Å². The van der Waals surface area contributed by atoms with Gasteiger partial charge in [-0.15, -0.1) is 0 Å². The number of hydrogen-bond donors (Lipinski definition) is 1. The van der Waals surface area contributed by atoms with Crippen LogP contribution in [0.2, 0.25) is 0 Å². The number of nitrogens with zero attached hydrogens (tertiary/aromatic N) is 1. The molecule has 2 heterocycles. The lowest BCUT2D eigenvalue weighted by Crippen LogP contribution is -2.55. The van der Waals surface area contributed by atoms with Crippen LogP contribution in [0, 0.1) is 5.92 Å². The number of fused-ring (bicyclic) bond motifs is 2. The molecular weight excluding hydrogens is 358 g/mol. The maximum Gasteiger partial charge on any atom is 0.336 e. The van der Waals surface area contributed by atoms with Crippen LogP contribution < -0.4 is 10.4 Å². The molecule has 0 spiro atoms. The summed E-state index contributed by atoms with van der Waals surface area (Å²) < 4.78 is 11.0. The average Bonchev–Trinajstić information content (AvgIpc) is 2.70. The van der Waals surface area contributed by atoms with Crippen LogP contribution in [-0.2, 0) is 11.2 Å². The van der Waals surface area contributed by atoms with Crippen LogP contribution in [-0.4, -0.2) is 41.2 Å². The molecule has 0 unspecified atom stereocenters. The summed E-state index contributed by atoms with van der Waals surface area (Å²) in [5.41, 5.74) is 0.426. The van der Waals surface area contributed by atoms with Gasteiger partial charge in [-0.1, -0.05) is 19.8 Å². The third-order valence-electron chi connectivity index (χ3n) is 6.33. The minimum atomic E-state index is -0.594. The average molecular weight is 385 g/mol. The highest BCUT2D eigenvalue weighted by molar-refractivity contribution is 5.82. The van der Waals surface area contributed by atoms with Crippen molar-refractivity contribution in [3.05, 3.63) is 40.2 Å². The molecular formula is C22H27NO5. The number of carbonyl (C=O) groups excluding carboxylic acids is 1. The van der Waals surface area contributed by atoms with E-state index < -0.39 is 5.60 Å². The highest BCUT2D eigenvalue weighted by Gasteiger charge is 2.43. The monoisotopic (exact) mass is 385 g/mol. The Bertz CT molecular complexity index is 936. The molecule has 2 aliphatic rings. The number of ether oxygens (including phenoxy) is 1. The molecule has 150 valence electrons. The van der Waals surface area contributed by atoms with Crippen LogP contribution in [0.15, 0.2) is 33.5 Å². The van der Waals surface area contributed by atoms with Gasteiger partial charge in [0.1, 0.15) is 11.3 Å². The highest BCUT2D eigenvalue weighted by Crippen LogP contribution is 2.39. The Morgan fingerprint density at radius 3 is 3.00 bits per heavy atom. The van der Waals surface area contributed by atoms with Crippen LogP contribution in [0.3, 0.4) is 0 Å². The summed E-state index contributed by atoms with van der Waals surface area (Å²) in [7, 11) is 0. The van der Waals surface area contributed by atoms with Crippen molar-refractivity contribution in [2.24, 2.45) is 5.92 Å². The molecule has 1 aromatic heterocycles. The molecule has 1 aliphatic heterocycles. The molecule has 1 saturated carbocycles. The van der Waals surface area contributed by atoms with E-state index in [4.69, 9.17) is 9.15 Å². The fraction of sp³-hybridized carbons (Fsp3) is 0.545. The molecule has 1 aromatic carbocycles. The molecule has 6 nitrogen and oxygen atoms in total. The number of likely N-dealkylation sites (tertiary alicyclic amines) is 1. The van der Waals surface area contributed by atoms with E-state index in [9.17, 15) is 14.7 Å². The van der Waals surface area contributed by atoms with Gasteiger partial charge in [0.25, 0.3) is 5.91 Å². The van der Waals surface area contributed by atoms with Gasteiger partial charge in [0.05, 0.1) is 5.60 Å². The third-order valence-corrected chi connectivity index (χ3v) is 6.33. The fourth-order valence-corrected chi connectivity index (χ4v) is 4.63. The Balaban J connectivity index is 1.41. The van der Waals surface area contributed by atoms with Crippen molar-refractivity contribution in [3.8, 4) is 5.75 Å². The zero-order valence-electron chi connectivity index (χ0n) is 16.3. The van der Waals surface area contributed by atoms with Crippen molar-refractivity contribution in [1.82, 2.24) is 4.90 Å². The second kappa shape index (κ2) is 7.59. The van der Waals surface area contributed by atoms with E-state index in [1.165, 1.54) is 6.07 Å². The van der Waals surface area contributed by atoms with Gasteiger partial charge in [-0.3, -0.25) is 4.79 Å². The summed E-state index contributed by atoms with van der Waals surface area (Å²) >= 11 is 0. The maximum atomic E-state index is 12.6. The van der Waals surface area contributed by atoms with E-state index in [0.717, 1.165) is 43.1 Å². The zero-order chi connectivity index (χ0) is 19.7. The van der Waals surface area contributed by atoms with Crippen LogP contribution in [0.1, 0.15) is 44.6 Å². The lowest BCUT2D eigenvalue weighted by atomic mass is 9.71. The van der Waals surface area contributed by atoms with Gasteiger partial charge in [-0.25, -0.2) is 4.79 Å². The summed E-state index contributed by atoms with van der Waals surface area (Å²) in [5.74, 6) is 0.598. The molecule has 0 radical (unpaired) electrons. The molecule has 1 saturated heterocycles. The SMILES string of the molecule is CCc1cc(=O)oc2cc(OCC(=O)N3CC[C@]4(O)CCCC[C@H]4C3)ccc12. The topological polar surface area (TPSA) is 80.0 Å². The lowest BCUT2D eigenvalue weighted by molar-refractivity contribution is -0.145. The highest BCUT2D eigenvalue weighted by atomic mass is 16.5. The Kier molecular flexibility index (Phi) is 5.15. The van der Waals surface area contributed by atoms with Crippen molar-refractivity contribution in [3.63, 3.8) is 0 Å². The van der Waals surface area contributed by atoms with Gasteiger partial charge in [-0.05, 0) is 43.4 Å². The van der Waals surface area contributed by atoms with E-state index in [1.807, 2.05) is 13.0 Å². The smallest absolute Gasteiger partial charge is 0.336 e. The summed E-state index contributed by atoms with van der Waals surface area (Å²) in [6.07, 6.45) is 5.39. The number of hydrogen-bond acceptors (Lipinski definition) is 5. The molecule has 2 atom stereocenters. The molecule has 4 rings (SSSR count). The second-order valence-corrected chi connectivity index (χ2v) is 8.03. The number of aliphatic hydroxyl groups is 1. The number of piperidine rings is 1. The minimum Gasteiger partial charge on any atom is -0.484 e. The molecule has 0 bridgehead atoms. The summed E-state index contributed by atoms with van der Waals surface area (Å²) in [6, 6.07) is 6.83. The first-order valence-corrected chi connectivity index (χ1v) is 10.2. The number of rotatable bonds is 4. The first kappa shape index (κ1) is 19.0. The molecule has 28 heavy (non-hydrogen) atoms. The molecule has 2 aromatic rings. The molecule has 1 N–H and O–H groups in total. The van der Waals surface area contributed by atoms with Crippen molar-refractivity contribution in [2.45, 2.75) is 51.0 Å². The maximum absolute atomic E-state index is 12.6. The number of carbonyl (C=O) groups is 1. The van der Waals surface area contributed by atoms with E-state index in [1.54, 1.807) is 17.0 Å². The number of amides is 1. The molecule has 1 amide bonds. The van der Waals surface area contributed by atoms with E-state index in [0.29, 0.717) is 30.8 Å². The van der Waals surface area contributed by atoms with Crippen molar-refractivity contribution in [1.29, 1.82) is 0 Å². The summed E-state index contributed by atoms with van der Waals surface area (Å²) in [6.45, 7) is 3.10. The normalized spacial score (nSPS) is 24.8. The molecule has 2 fully saturated rings. The van der Waals surface area contributed by atoms with Gasteiger partial charge >= 0.3 is 5.63 Å². The summed E-state index contributed by atoms with van der Waals surface area (Å²) in [4.78, 5) is 26.1. The molecule has 6 heteroatoms. The van der Waals surface area contributed by atoms with Crippen LogP contribution in [0.5, 0.6) is 5.75 Å². The fourth-order valence-electron chi connectivity index (χ4n) is 4.63. The van der Waals surface area contributed by atoms with Crippen LogP contribution in [0.25, 0.3) is 11.0 Å². The predicted molar refractivity (Wildman–Crippen MR) is 105 cm³/mol. The van der Waals surface area contributed by atoms with Crippen LogP contribution in [0.4, 0.5) is 0 Å². The first-order valence-electron chi connectivity index (χ1n) is 10.2. The second-order valence-electron chi connectivity index (χ2n) is 8.03. The minimum absolute atomic E-state index is 0.0612. The first-order chi connectivity index (χ1) is 13.5. The van der Waals surface area contributed by atoms with Crippen molar-refractivity contribution >= 4 is 16.9 Å². The number of aryl methyl sites for hydroxylation is 1. The van der Waals surface area contributed by atoms with Crippen LogP contribution >= 0.6 is 0 Å². The third kappa shape index (κ3) is 3.65. The van der Waals surface area contributed by atoms with Gasteiger partial charge < -0.3 is 19.2 Å². The Morgan fingerprint density at radius 2 is 2.18 bits per heavy atom. The molecule has 1 aliphatic carbocycles. The Hall–Kier alpha value is -2.34. The Morgan fingerprint density at radius 1 is 1.32 bits per heavy atom. The van der Waals surface area contributed by atoms with E-state index in [2.05, 4.69) is 0 Å². The van der Waals surface area contributed by atoms with Gasteiger partial charge in [-0.2, -0.15) is 0 Å². The van der Waals surface area contributed by atoms with Gasteiger partial charge in [0.15, 0.2) is 6.61 Å². The quantitative estimate of drug-likeness (QED) is 0.819. The van der Waals surface area contributed by atoms with Gasteiger partial charge in [0.2, 0.25) is 0 Å². The Labute approximate surface area is 164 Å². The van der Waals surface area contributed by atoms with E-state index in [-0.39, 0.29) is 24.1 Å². The predicted octanol–water partition coefficient (Wildman–Crippen LogP) is 2.89. The standard InChI is InChI=1S/C22H27NO5/c1-2-15-11-21(25)28-19-12-17(6-7-18(15)19)27-14-20(24)23-10-9-22(26)8-4-3-5-16(22)13-23/h6-7,11-12,16,26H,2-5,8-10,13-14H2,1H3/t16-,22+/m0/s1. The summed E-state index contributed by atoms with van der Waals surface area (Å²) in [5, 5.41) is 11.6. The van der Waals surface area contributed by atoms with Gasteiger partial charge in [0, 0.05) is 36.5 Å². The lowest BCUT2D eigenvalue weighted by Gasteiger charge is -2.47. The largest absolute Gasteiger partial charge is 0.484 e. The van der Waals surface area contributed by atoms with Crippen molar-refractivity contribution < 1.29 is 19.1 Å². The zero-order valence-corrected chi connectivity index (χ0v) is 16.3. The van der Waals surface area contributed by atoms with E-state index >= 15 is 0 Å².